The molecule has 4 nitrogen and oxygen atoms in total. The number of fused-ring (bicyclic) bond motifs is 1. The summed E-state index contributed by atoms with van der Waals surface area (Å²) in [7, 11) is 0. The van der Waals surface area contributed by atoms with Crippen LogP contribution in [0.1, 0.15) is 16.1 Å². The third-order valence-electron chi connectivity index (χ3n) is 2.91. The smallest absolute Gasteiger partial charge is 0.371 e. The maximum absolute atomic E-state index is 10.8. The van der Waals surface area contributed by atoms with Crippen LogP contribution in [0.4, 0.5) is 0 Å². The number of para-hydroxylation sites is 1. The summed E-state index contributed by atoms with van der Waals surface area (Å²) >= 11 is 7.56. The van der Waals surface area contributed by atoms with Gasteiger partial charge in [0, 0.05) is 16.7 Å². The number of carboxylic acid groups (broad SMARTS) is 1. The van der Waals surface area contributed by atoms with Crippen LogP contribution in [0.15, 0.2) is 52.0 Å². The van der Waals surface area contributed by atoms with Crippen molar-refractivity contribution in [1.82, 2.24) is 4.98 Å². The van der Waals surface area contributed by atoms with E-state index < -0.39 is 5.97 Å². The van der Waals surface area contributed by atoms with Gasteiger partial charge >= 0.3 is 5.97 Å². The highest BCUT2D eigenvalue weighted by Gasteiger charge is 2.11. The number of benzene rings is 1. The molecule has 0 atom stereocenters. The Kier molecular flexibility index (Phi) is 3.86. The molecule has 0 radical (unpaired) electrons. The second kappa shape index (κ2) is 5.79. The molecule has 0 saturated carbocycles. The van der Waals surface area contributed by atoms with Gasteiger partial charge in [0.1, 0.15) is 5.15 Å². The summed E-state index contributed by atoms with van der Waals surface area (Å²) in [5.74, 6) is -0.587. The van der Waals surface area contributed by atoms with Gasteiger partial charge in [0.25, 0.3) is 0 Å². The number of furan rings is 1. The number of rotatable bonds is 4. The van der Waals surface area contributed by atoms with Gasteiger partial charge in [-0.25, -0.2) is 9.78 Å². The van der Waals surface area contributed by atoms with Crippen molar-refractivity contribution in [2.24, 2.45) is 0 Å². The highest BCUT2D eigenvalue weighted by atomic mass is 35.5. The average molecular weight is 320 g/mol. The van der Waals surface area contributed by atoms with Gasteiger partial charge in [-0.2, -0.15) is 0 Å². The number of hydrogen-bond acceptors (Lipinski definition) is 4. The molecule has 0 amide bonds. The van der Waals surface area contributed by atoms with E-state index in [9.17, 15) is 4.79 Å². The lowest BCUT2D eigenvalue weighted by atomic mass is 10.2. The van der Waals surface area contributed by atoms with Gasteiger partial charge in [-0.1, -0.05) is 41.6 Å². The van der Waals surface area contributed by atoms with Crippen molar-refractivity contribution in [3.63, 3.8) is 0 Å². The molecule has 0 fully saturated rings. The Morgan fingerprint density at radius 3 is 2.86 bits per heavy atom. The van der Waals surface area contributed by atoms with E-state index in [1.807, 2.05) is 30.3 Å². The Bertz CT molecular complexity index is 816. The van der Waals surface area contributed by atoms with E-state index in [0.29, 0.717) is 16.0 Å². The summed E-state index contributed by atoms with van der Waals surface area (Å²) in [6.07, 6.45) is 0. The highest BCUT2D eigenvalue weighted by molar-refractivity contribution is 7.98. The van der Waals surface area contributed by atoms with Crippen LogP contribution in [0, 0.1) is 0 Å². The first-order valence-corrected chi connectivity index (χ1v) is 7.50. The average Bonchev–Trinajstić information content (AvgIpc) is 2.94. The Morgan fingerprint density at radius 1 is 1.29 bits per heavy atom. The van der Waals surface area contributed by atoms with Gasteiger partial charge in [-0.3, -0.25) is 0 Å². The number of thioether (sulfide) groups is 1. The largest absolute Gasteiger partial charge is 0.475 e. The Balaban J connectivity index is 1.80. The second-order valence-electron chi connectivity index (χ2n) is 4.34. The molecule has 0 unspecified atom stereocenters. The van der Waals surface area contributed by atoms with E-state index in [4.69, 9.17) is 21.1 Å². The molecule has 0 bridgehead atoms. The minimum Gasteiger partial charge on any atom is -0.475 e. The first-order valence-electron chi connectivity index (χ1n) is 6.13. The third-order valence-corrected chi connectivity index (χ3v) is 4.20. The molecule has 2 heterocycles. The lowest BCUT2D eigenvalue weighted by Gasteiger charge is -2.04. The molecule has 0 aliphatic carbocycles. The Labute approximate surface area is 129 Å². The van der Waals surface area contributed by atoms with Gasteiger partial charge in [-0.05, 0) is 24.3 Å². The zero-order chi connectivity index (χ0) is 14.8. The summed E-state index contributed by atoms with van der Waals surface area (Å²) in [6.45, 7) is 0. The predicted molar refractivity (Wildman–Crippen MR) is 82.0 cm³/mol. The van der Waals surface area contributed by atoms with E-state index in [-0.39, 0.29) is 5.76 Å². The molecule has 3 rings (SSSR count). The monoisotopic (exact) mass is 319 g/mol. The van der Waals surface area contributed by atoms with E-state index in [0.717, 1.165) is 16.5 Å². The van der Waals surface area contributed by atoms with Crippen molar-refractivity contribution >= 4 is 40.2 Å². The van der Waals surface area contributed by atoms with E-state index in [1.165, 1.54) is 17.8 Å². The fraction of sp³-hybridized carbons (Fsp3) is 0.0667. The normalized spacial score (nSPS) is 10.9. The van der Waals surface area contributed by atoms with Crippen LogP contribution in [-0.4, -0.2) is 16.1 Å². The minimum absolute atomic E-state index is 0.0692. The lowest BCUT2D eigenvalue weighted by Crippen LogP contribution is -1.91. The Hall–Kier alpha value is -1.98. The van der Waals surface area contributed by atoms with E-state index in [2.05, 4.69) is 4.98 Å². The van der Waals surface area contributed by atoms with Crippen molar-refractivity contribution in [2.75, 3.05) is 0 Å². The molecular formula is C15H10ClNO3S. The van der Waals surface area contributed by atoms with Crippen LogP contribution < -0.4 is 0 Å². The molecule has 0 saturated heterocycles. The van der Waals surface area contributed by atoms with Crippen molar-refractivity contribution < 1.29 is 14.3 Å². The quantitative estimate of drug-likeness (QED) is 0.567. The summed E-state index contributed by atoms with van der Waals surface area (Å²) in [5.41, 5.74) is 1.73. The molecule has 106 valence electrons. The number of carboxylic acids is 1. The van der Waals surface area contributed by atoms with Crippen LogP contribution >= 0.6 is 23.4 Å². The third kappa shape index (κ3) is 3.04. The van der Waals surface area contributed by atoms with Crippen LogP contribution in [0.2, 0.25) is 5.15 Å². The number of halogens is 1. The maximum Gasteiger partial charge on any atom is 0.371 e. The number of hydrogen-bond donors (Lipinski definition) is 1. The standard InChI is InChI=1S/C15H10ClNO3S/c16-14-10(7-9-3-1-2-4-11(9)17-14)8-21-13-6-5-12(20-13)15(18)19/h1-7H,8H2,(H,18,19). The minimum atomic E-state index is -1.08. The van der Waals surface area contributed by atoms with Crippen LogP contribution in [0.5, 0.6) is 0 Å². The van der Waals surface area contributed by atoms with Crippen molar-refractivity contribution in [3.8, 4) is 0 Å². The first-order chi connectivity index (χ1) is 10.1. The number of aromatic nitrogens is 1. The lowest BCUT2D eigenvalue weighted by molar-refractivity contribution is 0.0656. The fourth-order valence-electron chi connectivity index (χ4n) is 1.90. The number of carbonyl (C=O) groups is 1. The van der Waals surface area contributed by atoms with Crippen molar-refractivity contribution in [2.45, 2.75) is 10.8 Å². The number of aromatic carboxylic acids is 1. The molecule has 0 aliphatic heterocycles. The van der Waals surface area contributed by atoms with E-state index >= 15 is 0 Å². The van der Waals surface area contributed by atoms with Gasteiger partial charge < -0.3 is 9.52 Å². The van der Waals surface area contributed by atoms with Crippen LogP contribution in [0.25, 0.3) is 10.9 Å². The fourth-order valence-corrected chi connectivity index (χ4v) is 3.02. The van der Waals surface area contributed by atoms with Gasteiger partial charge in [0.2, 0.25) is 5.76 Å². The summed E-state index contributed by atoms with van der Waals surface area (Å²) < 4.78 is 5.19. The maximum atomic E-state index is 10.8. The van der Waals surface area contributed by atoms with Crippen LogP contribution in [-0.2, 0) is 5.75 Å². The summed E-state index contributed by atoms with van der Waals surface area (Å²) in [6, 6.07) is 12.8. The number of pyridine rings is 1. The molecule has 0 spiro atoms. The number of nitrogens with zero attached hydrogens (tertiary/aromatic N) is 1. The molecule has 21 heavy (non-hydrogen) atoms. The molecule has 1 aromatic carbocycles. The Morgan fingerprint density at radius 2 is 2.10 bits per heavy atom. The van der Waals surface area contributed by atoms with Gasteiger partial charge in [0.15, 0.2) is 5.09 Å². The molecule has 6 heteroatoms. The molecule has 1 N–H and O–H groups in total. The second-order valence-corrected chi connectivity index (χ2v) is 5.68. The van der Waals surface area contributed by atoms with Crippen LogP contribution in [0.3, 0.4) is 0 Å². The summed E-state index contributed by atoms with van der Waals surface area (Å²) in [4.78, 5) is 15.1. The zero-order valence-corrected chi connectivity index (χ0v) is 12.3. The SMILES string of the molecule is O=C(O)c1ccc(SCc2cc3ccccc3nc2Cl)o1. The van der Waals surface area contributed by atoms with E-state index in [1.54, 1.807) is 6.07 Å². The van der Waals surface area contributed by atoms with Gasteiger partial charge in [0.05, 0.1) is 5.52 Å². The topological polar surface area (TPSA) is 63.3 Å². The molecular weight excluding hydrogens is 310 g/mol. The molecule has 0 aliphatic rings. The highest BCUT2D eigenvalue weighted by Crippen LogP contribution is 2.29. The zero-order valence-electron chi connectivity index (χ0n) is 10.7. The predicted octanol–water partition coefficient (Wildman–Crippen LogP) is 4.47. The summed E-state index contributed by atoms with van der Waals surface area (Å²) in [5, 5.41) is 10.8. The van der Waals surface area contributed by atoms with Crippen molar-refractivity contribution in [1.29, 1.82) is 0 Å². The molecule has 3 aromatic rings. The first kappa shape index (κ1) is 14.0. The molecule has 2 aromatic heterocycles. The van der Waals surface area contributed by atoms with Crippen molar-refractivity contribution in [3.05, 3.63) is 58.9 Å². The van der Waals surface area contributed by atoms with Gasteiger partial charge in [-0.15, -0.1) is 0 Å².